The molecule has 0 aliphatic rings. The average molecular weight is 549 g/mol. The van der Waals surface area contributed by atoms with E-state index in [9.17, 15) is 4.79 Å². The fourth-order valence-corrected chi connectivity index (χ4v) is 2.70. The van der Waals surface area contributed by atoms with Crippen LogP contribution in [0.4, 0.5) is 4.79 Å². The minimum atomic E-state index is -0.491. The van der Waals surface area contributed by atoms with Crippen LogP contribution in [0, 0.1) is 0 Å². The number of aliphatic imine (C=N–C) groups is 1. The molecule has 1 aromatic carbocycles. The van der Waals surface area contributed by atoms with Crippen molar-refractivity contribution >= 4 is 36.0 Å². The van der Waals surface area contributed by atoms with E-state index in [1.165, 1.54) is 0 Å². The molecule has 0 aliphatic heterocycles. The Balaban J connectivity index is 0.00000900. The third-order valence-corrected chi connectivity index (χ3v) is 4.23. The highest BCUT2D eigenvalue weighted by Gasteiger charge is 2.19. The van der Waals surface area contributed by atoms with Crippen molar-refractivity contribution in [1.82, 2.24) is 15.5 Å². The van der Waals surface area contributed by atoms with Crippen LogP contribution in [-0.2, 0) is 22.6 Å². The Morgan fingerprint density at radius 2 is 1.71 bits per heavy atom. The molecule has 7 nitrogen and oxygen atoms in total. The van der Waals surface area contributed by atoms with Crippen LogP contribution in [0.2, 0.25) is 0 Å². The van der Waals surface area contributed by atoms with Gasteiger partial charge in [-0.3, -0.25) is 0 Å². The van der Waals surface area contributed by atoms with Crippen LogP contribution >= 0.6 is 24.0 Å². The molecule has 0 heterocycles. The first-order valence-electron chi connectivity index (χ1n) is 10.8. The molecule has 31 heavy (non-hydrogen) atoms. The molecule has 0 saturated carbocycles. The number of nitrogens with zero attached hydrogens (tertiary/aromatic N) is 2. The van der Waals surface area contributed by atoms with E-state index in [-0.39, 0.29) is 30.1 Å². The smallest absolute Gasteiger partial charge is 0.410 e. The highest BCUT2D eigenvalue weighted by Crippen LogP contribution is 2.12. The molecule has 1 aromatic rings. The van der Waals surface area contributed by atoms with Gasteiger partial charge in [0.2, 0.25) is 0 Å². The van der Waals surface area contributed by atoms with Gasteiger partial charge < -0.3 is 25.0 Å². The number of carbonyl (C=O) groups is 1. The van der Waals surface area contributed by atoms with Crippen molar-refractivity contribution < 1.29 is 14.3 Å². The van der Waals surface area contributed by atoms with E-state index in [1.807, 2.05) is 32.9 Å². The molecule has 178 valence electrons. The SMILES string of the molecule is CCNC(=NCc1ccc(CN(C)C(=O)OC(C)(C)C)cc1)NCCCCCOC.I. The molecule has 0 unspecified atom stereocenters. The molecule has 0 saturated heterocycles. The third-order valence-electron chi connectivity index (χ3n) is 4.23. The fourth-order valence-electron chi connectivity index (χ4n) is 2.70. The van der Waals surface area contributed by atoms with Crippen molar-refractivity contribution in [2.45, 2.75) is 65.6 Å². The summed E-state index contributed by atoms with van der Waals surface area (Å²) >= 11 is 0. The summed E-state index contributed by atoms with van der Waals surface area (Å²) in [6, 6.07) is 8.16. The first-order chi connectivity index (χ1) is 14.2. The Morgan fingerprint density at radius 3 is 2.29 bits per heavy atom. The molecule has 2 N–H and O–H groups in total. The summed E-state index contributed by atoms with van der Waals surface area (Å²) in [6.07, 6.45) is 2.99. The Bertz CT molecular complexity index is 645. The Kier molecular flexibility index (Phi) is 15.3. The predicted octanol–water partition coefficient (Wildman–Crippen LogP) is 4.54. The van der Waals surface area contributed by atoms with Crippen molar-refractivity contribution in [1.29, 1.82) is 0 Å². The molecule has 0 aliphatic carbocycles. The minimum absolute atomic E-state index is 0. The van der Waals surface area contributed by atoms with Crippen molar-refractivity contribution in [3.05, 3.63) is 35.4 Å². The van der Waals surface area contributed by atoms with E-state index in [0.29, 0.717) is 13.1 Å². The highest BCUT2D eigenvalue weighted by atomic mass is 127. The Morgan fingerprint density at radius 1 is 1.06 bits per heavy atom. The summed E-state index contributed by atoms with van der Waals surface area (Å²) in [5.41, 5.74) is 1.68. The zero-order valence-electron chi connectivity index (χ0n) is 20.0. The zero-order chi connectivity index (χ0) is 22.4. The Labute approximate surface area is 205 Å². The normalized spacial score (nSPS) is 11.5. The van der Waals surface area contributed by atoms with Crippen LogP contribution in [0.1, 0.15) is 58.1 Å². The minimum Gasteiger partial charge on any atom is -0.444 e. The van der Waals surface area contributed by atoms with Crippen LogP contribution in [0.3, 0.4) is 0 Å². The summed E-state index contributed by atoms with van der Waals surface area (Å²) < 4.78 is 10.5. The lowest BCUT2D eigenvalue weighted by Crippen LogP contribution is -2.37. The first kappa shape index (κ1) is 29.5. The molecule has 0 bridgehead atoms. The van der Waals surface area contributed by atoms with Crippen molar-refractivity contribution in [2.24, 2.45) is 4.99 Å². The number of nitrogens with one attached hydrogen (secondary N) is 2. The van der Waals surface area contributed by atoms with Crippen LogP contribution in [0.5, 0.6) is 0 Å². The molecule has 0 fully saturated rings. The van der Waals surface area contributed by atoms with Gasteiger partial charge in [0.1, 0.15) is 5.60 Å². The number of hydrogen-bond donors (Lipinski definition) is 2. The summed E-state index contributed by atoms with van der Waals surface area (Å²) in [5, 5.41) is 6.66. The van der Waals surface area contributed by atoms with E-state index in [4.69, 9.17) is 9.47 Å². The number of rotatable bonds is 11. The number of amides is 1. The van der Waals surface area contributed by atoms with Crippen molar-refractivity contribution in [3.8, 4) is 0 Å². The summed E-state index contributed by atoms with van der Waals surface area (Å²) in [6.45, 7) is 11.3. The first-order valence-corrected chi connectivity index (χ1v) is 10.8. The maximum atomic E-state index is 12.1. The zero-order valence-corrected chi connectivity index (χ0v) is 22.3. The second-order valence-corrected chi connectivity index (χ2v) is 8.33. The summed E-state index contributed by atoms with van der Waals surface area (Å²) in [5.74, 6) is 0.831. The molecule has 0 spiro atoms. The molecule has 8 heteroatoms. The maximum Gasteiger partial charge on any atom is 0.410 e. The summed E-state index contributed by atoms with van der Waals surface area (Å²) in [7, 11) is 3.48. The number of unbranched alkanes of at least 4 members (excludes halogenated alkanes) is 2. The fraction of sp³-hybridized carbons (Fsp3) is 0.652. The molecular weight excluding hydrogens is 507 g/mol. The van der Waals surface area contributed by atoms with Gasteiger partial charge in [0.15, 0.2) is 5.96 Å². The molecule has 0 atom stereocenters. The van der Waals surface area contributed by atoms with Gasteiger partial charge in [-0.05, 0) is 58.1 Å². The topological polar surface area (TPSA) is 75.2 Å². The van der Waals surface area contributed by atoms with Crippen molar-refractivity contribution in [3.63, 3.8) is 0 Å². The van der Waals surface area contributed by atoms with E-state index in [0.717, 1.165) is 56.0 Å². The lowest BCUT2D eigenvalue weighted by atomic mass is 10.1. The number of benzene rings is 1. The number of hydrogen-bond acceptors (Lipinski definition) is 4. The largest absolute Gasteiger partial charge is 0.444 e. The number of guanidine groups is 1. The molecule has 0 radical (unpaired) electrons. The average Bonchev–Trinajstić information content (AvgIpc) is 2.68. The van der Waals surface area contributed by atoms with Gasteiger partial charge in [-0.2, -0.15) is 0 Å². The van der Waals surface area contributed by atoms with Gasteiger partial charge in [-0.15, -0.1) is 24.0 Å². The lowest BCUT2D eigenvalue weighted by Gasteiger charge is -2.24. The second kappa shape index (κ2) is 16.1. The van der Waals surface area contributed by atoms with Gasteiger partial charge in [0, 0.05) is 40.4 Å². The summed E-state index contributed by atoms with van der Waals surface area (Å²) in [4.78, 5) is 18.3. The number of halogens is 1. The van der Waals surface area contributed by atoms with E-state index >= 15 is 0 Å². The van der Waals surface area contributed by atoms with Crippen LogP contribution < -0.4 is 10.6 Å². The van der Waals surface area contributed by atoms with E-state index in [2.05, 4.69) is 34.7 Å². The van der Waals surface area contributed by atoms with Crippen molar-refractivity contribution in [2.75, 3.05) is 33.9 Å². The predicted molar refractivity (Wildman–Crippen MR) is 138 cm³/mol. The molecular formula is C23H41IN4O3. The molecule has 1 rings (SSSR count). The highest BCUT2D eigenvalue weighted by molar-refractivity contribution is 14.0. The number of methoxy groups -OCH3 is 1. The lowest BCUT2D eigenvalue weighted by molar-refractivity contribution is 0.0285. The van der Waals surface area contributed by atoms with E-state index < -0.39 is 5.60 Å². The molecule has 1 amide bonds. The van der Waals surface area contributed by atoms with Gasteiger partial charge in [-0.25, -0.2) is 9.79 Å². The quantitative estimate of drug-likeness (QED) is 0.184. The van der Waals surface area contributed by atoms with Crippen LogP contribution in [0.15, 0.2) is 29.3 Å². The van der Waals surface area contributed by atoms with Gasteiger partial charge in [0.25, 0.3) is 0 Å². The van der Waals surface area contributed by atoms with Crippen LogP contribution in [0.25, 0.3) is 0 Å². The monoisotopic (exact) mass is 548 g/mol. The Hall–Kier alpha value is -1.55. The maximum absolute atomic E-state index is 12.1. The van der Waals surface area contributed by atoms with Gasteiger partial charge in [-0.1, -0.05) is 24.3 Å². The third kappa shape index (κ3) is 14.2. The van der Waals surface area contributed by atoms with Gasteiger partial charge in [0.05, 0.1) is 6.54 Å². The van der Waals surface area contributed by atoms with Gasteiger partial charge >= 0.3 is 6.09 Å². The number of ether oxygens (including phenoxy) is 2. The standard InChI is InChI=1S/C23H40N4O3.HI/c1-7-24-21(25-15-9-8-10-16-29-6)26-17-19-11-13-20(14-12-19)18-27(5)22(28)30-23(2,3)4;/h11-14H,7-10,15-18H2,1-6H3,(H2,24,25,26);1H. The number of carbonyl (C=O) groups excluding carboxylic acids is 1. The van der Waals surface area contributed by atoms with E-state index in [1.54, 1.807) is 19.1 Å². The second-order valence-electron chi connectivity index (χ2n) is 8.33. The molecule has 0 aromatic heterocycles. The van der Waals surface area contributed by atoms with Crippen LogP contribution in [-0.4, -0.2) is 56.4 Å².